The number of rotatable bonds is 6. The van der Waals surface area contributed by atoms with Crippen LogP contribution in [0.5, 0.6) is 5.75 Å². The van der Waals surface area contributed by atoms with Gasteiger partial charge in [0, 0.05) is 18.2 Å². The molecule has 2 rings (SSSR count). The predicted octanol–water partition coefficient (Wildman–Crippen LogP) is 1.31. The standard InChI is InChI=1S/C12H17NO2/c14-7-8-15-12-4-2-1-3-10(12)9-13-11-5-6-11/h1-4,11,13-14H,5-9H2. The number of hydrogen-bond donors (Lipinski definition) is 2. The molecule has 2 N–H and O–H groups in total. The van der Waals surface area contributed by atoms with Crippen molar-refractivity contribution in [2.75, 3.05) is 13.2 Å². The zero-order valence-corrected chi connectivity index (χ0v) is 8.78. The zero-order chi connectivity index (χ0) is 10.5. The molecule has 0 radical (unpaired) electrons. The average molecular weight is 207 g/mol. The van der Waals surface area contributed by atoms with Crippen molar-refractivity contribution in [1.29, 1.82) is 0 Å². The molecule has 0 aromatic heterocycles. The smallest absolute Gasteiger partial charge is 0.123 e. The van der Waals surface area contributed by atoms with Gasteiger partial charge >= 0.3 is 0 Å². The van der Waals surface area contributed by atoms with E-state index in [-0.39, 0.29) is 6.61 Å². The number of para-hydroxylation sites is 1. The molecule has 0 unspecified atom stereocenters. The van der Waals surface area contributed by atoms with Crippen LogP contribution in [0.4, 0.5) is 0 Å². The van der Waals surface area contributed by atoms with Gasteiger partial charge in [0.1, 0.15) is 12.4 Å². The van der Waals surface area contributed by atoms with Crippen LogP contribution in [0.3, 0.4) is 0 Å². The first kappa shape index (κ1) is 10.5. The van der Waals surface area contributed by atoms with Gasteiger partial charge < -0.3 is 15.2 Å². The summed E-state index contributed by atoms with van der Waals surface area (Å²) >= 11 is 0. The number of ether oxygens (including phenoxy) is 1. The van der Waals surface area contributed by atoms with E-state index in [1.54, 1.807) is 0 Å². The summed E-state index contributed by atoms with van der Waals surface area (Å²) in [6.45, 7) is 1.27. The minimum Gasteiger partial charge on any atom is -0.491 e. The molecule has 0 amide bonds. The first-order valence-corrected chi connectivity index (χ1v) is 5.45. The topological polar surface area (TPSA) is 41.5 Å². The van der Waals surface area contributed by atoms with Crippen LogP contribution >= 0.6 is 0 Å². The Morgan fingerprint density at radius 1 is 1.33 bits per heavy atom. The van der Waals surface area contributed by atoms with Crippen LogP contribution < -0.4 is 10.1 Å². The van der Waals surface area contributed by atoms with Crippen LogP contribution in [0.15, 0.2) is 24.3 Å². The maximum absolute atomic E-state index is 8.71. The lowest BCUT2D eigenvalue weighted by Gasteiger charge is -2.10. The fourth-order valence-electron chi connectivity index (χ4n) is 1.49. The highest BCUT2D eigenvalue weighted by Crippen LogP contribution is 2.22. The molecule has 0 saturated heterocycles. The number of aliphatic hydroxyl groups is 1. The van der Waals surface area contributed by atoms with Crippen molar-refractivity contribution in [3.05, 3.63) is 29.8 Å². The second kappa shape index (κ2) is 5.14. The van der Waals surface area contributed by atoms with E-state index in [0.717, 1.165) is 17.9 Å². The monoisotopic (exact) mass is 207 g/mol. The molecule has 82 valence electrons. The van der Waals surface area contributed by atoms with Gasteiger partial charge in [0.2, 0.25) is 0 Å². The largest absolute Gasteiger partial charge is 0.491 e. The number of aliphatic hydroxyl groups excluding tert-OH is 1. The quantitative estimate of drug-likeness (QED) is 0.739. The Hall–Kier alpha value is -1.06. The Labute approximate surface area is 90.1 Å². The molecule has 1 fully saturated rings. The highest BCUT2D eigenvalue weighted by Gasteiger charge is 2.20. The van der Waals surface area contributed by atoms with Crippen LogP contribution in [0.25, 0.3) is 0 Å². The van der Waals surface area contributed by atoms with Gasteiger partial charge in [0.25, 0.3) is 0 Å². The highest BCUT2D eigenvalue weighted by atomic mass is 16.5. The SMILES string of the molecule is OCCOc1ccccc1CNC1CC1. The first-order chi connectivity index (χ1) is 7.40. The third-order valence-corrected chi connectivity index (χ3v) is 2.48. The predicted molar refractivity (Wildman–Crippen MR) is 58.9 cm³/mol. The zero-order valence-electron chi connectivity index (χ0n) is 8.78. The summed E-state index contributed by atoms with van der Waals surface area (Å²) < 4.78 is 5.45. The Morgan fingerprint density at radius 2 is 2.13 bits per heavy atom. The van der Waals surface area contributed by atoms with Crippen LogP contribution in [-0.4, -0.2) is 24.4 Å². The van der Waals surface area contributed by atoms with Gasteiger partial charge in [-0.1, -0.05) is 18.2 Å². The summed E-state index contributed by atoms with van der Waals surface area (Å²) in [6, 6.07) is 8.67. The molecule has 0 bridgehead atoms. The maximum Gasteiger partial charge on any atom is 0.123 e. The molecule has 1 aromatic rings. The number of hydrogen-bond acceptors (Lipinski definition) is 3. The second-order valence-electron chi connectivity index (χ2n) is 3.83. The van der Waals surface area contributed by atoms with Crippen molar-refractivity contribution < 1.29 is 9.84 Å². The number of nitrogens with one attached hydrogen (secondary N) is 1. The first-order valence-electron chi connectivity index (χ1n) is 5.45. The van der Waals surface area contributed by atoms with Crippen LogP contribution in [0.1, 0.15) is 18.4 Å². The molecule has 1 saturated carbocycles. The maximum atomic E-state index is 8.71. The van der Waals surface area contributed by atoms with Crippen molar-refractivity contribution >= 4 is 0 Å². The van der Waals surface area contributed by atoms with E-state index in [1.165, 1.54) is 12.8 Å². The lowest BCUT2D eigenvalue weighted by molar-refractivity contribution is 0.200. The fourth-order valence-corrected chi connectivity index (χ4v) is 1.49. The molecule has 1 aliphatic carbocycles. The summed E-state index contributed by atoms with van der Waals surface area (Å²) in [5.74, 6) is 0.875. The van der Waals surface area contributed by atoms with Gasteiger partial charge in [-0.2, -0.15) is 0 Å². The molecule has 3 nitrogen and oxygen atoms in total. The number of benzene rings is 1. The van der Waals surface area contributed by atoms with Gasteiger partial charge in [0.05, 0.1) is 6.61 Å². The van der Waals surface area contributed by atoms with Crippen molar-refractivity contribution in [3.63, 3.8) is 0 Å². The summed E-state index contributed by atoms with van der Waals surface area (Å²) in [6.07, 6.45) is 2.58. The van der Waals surface area contributed by atoms with Gasteiger partial charge in [-0.25, -0.2) is 0 Å². The van der Waals surface area contributed by atoms with E-state index in [9.17, 15) is 0 Å². The molecule has 0 atom stereocenters. The average Bonchev–Trinajstić information content (AvgIpc) is 3.08. The Kier molecular flexibility index (Phi) is 3.59. The molecule has 1 aliphatic rings. The van der Waals surface area contributed by atoms with Crippen LogP contribution in [-0.2, 0) is 6.54 Å². The second-order valence-corrected chi connectivity index (χ2v) is 3.83. The van der Waals surface area contributed by atoms with E-state index in [2.05, 4.69) is 11.4 Å². The molecule has 0 aliphatic heterocycles. The van der Waals surface area contributed by atoms with Crippen molar-refractivity contribution in [3.8, 4) is 5.75 Å². The fraction of sp³-hybridized carbons (Fsp3) is 0.500. The van der Waals surface area contributed by atoms with E-state index in [1.807, 2.05) is 18.2 Å². The summed E-state index contributed by atoms with van der Waals surface area (Å²) in [5, 5.41) is 12.2. The third-order valence-electron chi connectivity index (χ3n) is 2.48. The highest BCUT2D eigenvalue weighted by molar-refractivity contribution is 5.33. The molecule has 1 aromatic carbocycles. The lowest BCUT2D eigenvalue weighted by Crippen LogP contribution is -2.16. The van der Waals surface area contributed by atoms with E-state index in [4.69, 9.17) is 9.84 Å². The van der Waals surface area contributed by atoms with Crippen LogP contribution in [0, 0.1) is 0 Å². The molecule has 0 spiro atoms. The van der Waals surface area contributed by atoms with Crippen LogP contribution in [0.2, 0.25) is 0 Å². The third kappa shape index (κ3) is 3.22. The van der Waals surface area contributed by atoms with Crippen molar-refractivity contribution in [2.45, 2.75) is 25.4 Å². The molecule has 3 heteroatoms. The Balaban J connectivity index is 1.93. The lowest BCUT2D eigenvalue weighted by atomic mass is 10.2. The Morgan fingerprint density at radius 3 is 2.87 bits per heavy atom. The summed E-state index contributed by atoms with van der Waals surface area (Å²) in [4.78, 5) is 0. The van der Waals surface area contributed by atoms with Gasteiger partial charge in [-0.3, -0.25) is 0 Å². The van der Waals surface area contributed by atoms with E-state index < -0.39 is 0 Å². The summed E-state index contributed by atoms with van der Waals surface area (Å²) in [5.41, 5.74) is 1.16. The summed E-state index contributed by atoms with van der Waals surface area (Å²) in [7, 11) is 0. The van der Waals surface area contributed by atoms with E-state index >= 15 is 0 Å². The molecular formula is C12H17NO2. The Bertz CT molecular complexity index is 310. The normalized spacial score (nSPS) is 15.3. The molecule has 15 heavy (non-hydrogen) atoms. The van der Waals surface area contributed by atoms with Crippen molar-refractivity contribution in [2.24, 2.45) is 0 Å². The minimum absolute atomic E-state index is 0.0599. The van der Waals surface area contributed by atoms with Gasteiger partial charge in [-0.15, -0.1) is 0 Å². The van der Waals surface area contributed by atoms with Gasteiger partial charge in [-0.05, 0) is 18.9 Å². The van der Waals surface area contributed by atoms with Crippen molar-refractivity contribution in [1.82, 2.24) is 5.32 Å². The van der Waals surface area contributed by atoms with Gasteiger partial charge in [0.15, 0.2) is 0 Å². The molecular weight excluding hydrogens is 190 g/mol. The molecule has 0 heterocycles. The van der Waals surface area contributed by atoms with E-state index in [0.29, 0.717) is 12.6 Å². The minimum atomic E-state index is 0.0599.